The van der Waals surface area contributed by atoms with Gasteiger partial charge in [-0.1, -0.05) is 37.3 Å². The standard InChI is InChI=1S/C19H25N3O.ClH/c1-3-11-22(13-16-8-6-9-17(20)12-16)14-19(23)21-18-10-5-4-7-15(18)2;/h4-10,12H,3,11,13-14,20H2,1-2H3,(H,21,23);1H. The average molecular weight is 348 g/mol. The molecule has 0 unspecified atom stereocenters. The van der Waals surface area contributed by atoms with Crippen LogP contribution in [0.2, 0.25) is 0 Å². The quantitative estimate of drug-likeness (QED) is 0.748. The van der Waals surface area contributed by atoms with Crippen molar-refractivity contribution in [2.45, 2.75) is 26.8 Å². The molecule has 0 saturated carbocycles. The van der Waals surface area contributed by atoms with E-state index in [1.165, 1.54) is 0 Å². The van der Waals surface area contributed by atoms with E-state index < -0.39 is 0 Å². The molecule has 2 rings (SSSR count). The molecule has 0 aromatic heterocycles. The molecule has 130 valence electrons. The van der Waals surface area contributed by atoms with E-state index >= 15 is 0 Å². The van der Waals surface area contributed by atoms with Crippen LogP contribution in [-0.4, -0.2) is 23.9 Å². The second-order valence-electron chi connectivity index (χ2n) is 5.82. The largest absolute Gasteiger partial charge is 0.399 e. The van der Waals surface area contributed by atoms with Gasteiger partial charge in [-0.15, -0.1) is 12.4 Å². The Kier molecular flexibility index (Phi) is 8.30. The Balaban J connectivity index is 0.00000288. The molecular weight excluding hydrogens is 322 g/mol. The van der Waals surface area contributed by atoms with Crippen LogP contribution in [0, 0.1) is 6.92 Å². The third-order valence-electron chi connectivity index (χ3n) is 3.68. The van der Waals surface area contributed by atoms with Crippen LogP contribution in [-0.2, 0) is 11.3 Å². The molecule has 2 aromatic carbocycles. The molecule has 0 heterocycles. The molecular formula is C19H26ClN3O. The lowest BCUT2D eigenvalue weighted by Crippen LogP contribution is -2.33. The van der Waals surface area contributed by atoms with Crippen LogP contribution in [0.25, 0.3) is 0 Å². The molecule has 0 aliphatic rings. The molecule has 4 nitrogen and oxygen atoms in total. The molecule has 0 atom stereocenters. The van der Waals surface area contributed by atoms with Crippen molar-refractivity contribution < 1.29 is 4.79 Å². The maximum Gasteiger partial charge on any atom is 0.238 e. The van der Waals surface area contributed by atoms with E-state index in [0.29, 0.717) is 6.54 Å². The maximum atomic E-state index is 12.3. The highest BCUT2D eigenvalue weighted by molar-refractivity contribution is 5.92. The summed E-state index contributed by atoms with van der Waals surface area (Å²) in [6, 6.07) is 15.6. The number of carbonyl (C=O) groups is 1. The number of para-hydroxylation sites is 1. The van der Waals surface area contributed by atoms with E-state index in [1.54, 1.807) is 0 Å². The summed E-state index contributed by atoms with van der Waals surface area (Å²) < 4.78 is 0. The first-order chi connectivity index (χ1) is 11.1. The lowest BCUT2D eigenvalue weighted by molar-refractivity contribution is -0.117. The molecule has 24 heavy (non-hydrogen) atoms. The number of carbonyl (C=O) groups excluding carboxylic acids is 1. The van der Waals surface area contributed by atoms with E-state index in [4.69, 9.17) is 5.73 Å². The smallest absolute Gasteiger partial charge is 0.238 e. The number of benzene rings is 2. The Labute approximate surface area is 150 Å². The summed E-state index contributed by atoms with van der Waals surface area (Å²) in [6.45, 7) is 6.07. The van der Waals surface area contributed by atoms with Gasteiger partial charge in [-0.05, 0) is 49.2 Å². The summed E-state index contributed by atoms with van der Waals surface area (Å²) in [5.74, 6) is 0.0108. The maximum absolute atomic E-state index is 12.3. The van der Waals surface area contributed by atoms with Gasteiger partial charge in [0, 0.05) is 17.9 Å². The predicted molar refractivity (Wildman–Crippen MR) is 103 cm³/mol. The van der Waals surface area contributed by atoms with Gasteiger partial charge in [0.2, 0.25) is 5.91 Å². The number of nitrogens with two attached hydrogens (primary N) is 1. The number of halogens is 1. The van der Waals surface area contributed by atoms with Crippen molar-refractivity contribution in [1.29, 1.82) is 0 Å². The molecule has 2 aromatic rings. The second-order valence-corrected chi connectivity index (χ2v) is 5.82. The molecule has 0 fully saturated rings. The van der Waals surface area contributed by atoms with Gasteiger partial charge in [0.25, 0.3) is 0 Å². The Bertz CT molecular complexity index is 661. The van der Waals surface area contributed by atoms with Gasteiger partial charge < -0.3 is 11.1 Å². The molecule has 1 amide bonds. The summed E-state index contributed by atoms with van der Waals surface area (Å²) in [5, 5.41) is 2.99. The van der Waals surface area contributed by atoms with E-state index in [1.807, 2.05) is 55.5 Å². The summed E-state index contributed by atoms with van der Waals surface area (Å²) in [7, 11) is 0. The lowest BCUT2D eigenvalue weighted by atomic mass is 10.2. The van der Waals surface area contributed by atoms with Gasteiger partial charge in [0.05, 0.1) is 6.54 Å². The third kappa shape index (κ3) is 6.22. The van der Waals surface area contributed by atoms with Crippen LogP contribution < -0.4 is 11.1 Å². The molecule has 5 heteroatoms. The van der Waals surface area contributed by atoms with Crippen molar-refractivity contribution in [1.82, 2.24) is 4.90 Å². The molecule has 3 N–H and O–H groups in total. The van der Waals surface area contributed by atoms with Crippen molar-refractivity contribution in [3.05, 3.63) is 59.7 Å². The first kappa shape index (κ1) is 20.0. The summed E-state index contributed by atoms with van der Waals surface area (Å²) in [6.07, 6.45) is 1.000. The van der Waals surface area contributed by atoms with Crippen LogP contribution in [0.1, 0.15) is 24.5 Å². The molecule has 0 spiro atoms. The minimum Gasteiger partial charge on any atom is -0.399 e. The van der Waals surface area contributed by atoms with E-state index in [9.17, 15) is 4.79 Å². The fourth-order valence-electron chi connectivity index (χ4n) is 2.59. The van der Waals surface area contributed by atoms with Crippen LogP contribution >= 0.6 is 12.4 Å². The highest BCUT2D eigenvalue weighted by atomic mass is 35.5. The monoisotopic (exact) mass is 347 g/mol. The normalized spacial score (nSPS) is 10.3. The number of amides is 1. The fourth-order valence-corrected chi connectivity index (χ4v) is 2.59. The number of rotatable bonds is 7. The summed E-state index contributed by atoms with van der Waals surface area (Å²) in [5.41, 5.74) is 9.65. The second kappa shape index (κ2) is 9.96. The topological polar surface area (TPSA) is 58.4 Å². The first-order valence-electron chi connectivity index (χ1n) is 8.00. The summed E-state index contributed by atoms with van der Waals surface area (Å²) >= 11 is 0. The first-order valence-corrected chi connectivity index (χ1v) is 8.00. The highest BCUT2D eigenvalue weighted by Gasteiger charge is 2.12. The number of nitrogens with one attached hydrogen (secondary N) is 1. The minimum atomic E-state index is 0. The van der Waals surface area contributed by atoms with Gasteiger partial charge in [-0.2, -0.15) is 0 Å². The van der Waals surface area contributed by atoms with Gasteiger partial charge in [0.15, 0.2) is 0 Å². The van der Waals surface area contributed by atoms with Crippen molar-refractivity contribution in [3.8, 4) is 0 Å². The van der Waals surface area contributed by atoms with Crippen molar-refractivity contribution in [3.63, 3.8) is 0 Å². The highest BCUT2D eigenvalue weighted by Crippen LogP contribution is 2.14. The SMILES string of the molecule is CCCN(CC(=O)Nc1ccccc1C)Cc1cccc(N)c1.Cl. The Morgan fingerprint density at radius 1 is 1.17 bits per heavy atom. The van der Waals surface area contributed by atoms with E-state index in [2.05, 4.69) is 17.1 Å². The van der Waals surface area contributed by atoms with Crippen LogP contribution in [0.15, 0.2) is 48.5 Å². The number of anilines is 2. The zero-order chi connectivity index (χ0) is 16.7. The zero-order valence-corrected chi connectivity index (χ0v) is 15.1. The Morgan fingerprint density at radius 2 is 1.92 bits per heavy atom. The Morgan fingerprint density at radius 3 is 2.58 bits per heavy atom. The van der Waals surface area contributed by atoms with Crippen molar-refractivity contribution in [2.75, 3.05) is 24.1 Å². The molecule has 0 aliphatic heterocycles. The van der Waals surface area contributed by atoms with Crippen LogP contribution in [0.4, 0.5) is 11.4 Å². The number of nitrogen functional groups attached to an aromatic ring is 1. The molecule has 0 saturated heterocycles. The number of nitrogens with zero attached hydrogens (tertiary/aromatic N) is 1. The van der Waals surface area contributed by atoms with Crippen LogP contribution in [0.5, 0.6) is 0 Å². The van der Waals surface area contributed by atoms with Gasteiger partial charge in [-0.3, -0.25) is 9.69 Å². The summed E-state index contributed by atoms with van der Waals surface area (Å²) in [4.78, 5) is 14.5. The lowest BCUT2D eigenvalue weighted by Gasteiger charge is -2.21. The van der Waals surface area contributed by atoms with Gasteiger partial charge >= 0.3 is 0 Å². The molecule has 0 bridgehead atoms. The van der Waals surface area contributed by atoms with Crippen molar-refractivity contribution >= 4 is 29.7 Å². The minimum absolute atomic E-state index is 0. The average Bonchev–Trinajstić information content (AvgIpc) is 2.50. The van der Waals surface area contributed by atoms with E-state index in [-0.39, 0.29) is 18.3 Å². The number of hydrogen-bond donors (Lipinski definition) is 2. The van der Waals surface area contributed by atoms with Crippen molar-refractivity contribution in [2.24, 2.45) is 0 Å². The molecule has 0 radical (unpaired) electrons. The van der Waals surface area contributed by atoms with Crippen LogP contribution in [0.3, 0.4) is 0 Å². The predicted octanol–water partition coefficient (Wildman–Crippen LogP) is 3.85. The Hall–Kier alpha value is -2.04. The van der Waals surface area contributed by atoms with Gasteiger partial charge in [-0.25, -0.2) is 0 Å². The number of hydrogen-bond acceptors (Lipinski definition) is 3. The zero-order valence-electron chi connectivity index (χ0n) is 14.3. The van der Waals surface area contributed by atoms with Gasteiger partial charge in [0.1, 0.15) is 0 Å². The third-order valence-corrected chi connectivity index (χ3v) is 3.68. The molecule has 0 aliphatic carbocycles. The fraction of sp³-hybridized carbons (Fsp3) is 0.316. The number of aryl methyl sites for hydroxylation is 1. The van der Waals surface area contributed by atoms with E-state index in [0.717, 1.165) is 42.0 Å².